The molecule has 0 aliphatic carbocycles. The zero-order chi connectivity index (χ0) is 17.8. The first-order chi connectivity index (χ1) is 12.0. The van der Waals surface area contributed by atoms with Gasteiger partial charge in [0.25, 0.3) is 0 Å². The van der Waals surface area contributed by atoms with Gasteiger partial charge in [-0.25, -0.2) is 9.07 Å². The smallest absolute Gasteiger partial charge is 0.230 e. The van der Waals surface area contributed by atoms with E-state index in [1.807, 2.05) is 6.07 Å². The minimum atomic E-state index is -0.406. The van der Waals surface area contributed by atoms with Crippen molar-refractivity contribution in [1.82, 2.24) is 9.78 Å². The summed E-state index contributed by atoms with van der Waals surface area (Å²) in [5.41, 5.74) is 1.12. The number of hydrogen-bond donors (Lipinski definition) is 1. The Bertz CT molecular complexity index is 911. The first-order valence-electron chi connectivity index (χ1n) is 7.52. The van der Waals surface area contributed by atoms with Gasteiger partial charge in [-0.05, 0) is 23.3 Å². The molecule has 0 unspecified atom stereocenters. The second kappa shape index (κ2) is 7.68. The number of amides is 1. The predicted octanol–water partition coefficient (Wildman–Crippen LogP) is 4.56. The Morgan fingerprint density at radius 2 is 1.84 bits per heavy atom. The molecule has 0 fully saturated rings. The predicted molar refractivity (Wildman–Crippen MR) is 96.5 cm³/mol. The van der Waals surface area contributed by atoms with Crippen molar-refractivity contribution in [3.05, 3.63) is 81.7 Å². The van der Waals surface area contributed by atoms with Crippen molar-refractivity contribution < 1.29 is 9.18 Å². The van der Waals surface area contributed by atoms with Gasteiger partial charge in [-0.3, -0.25) is 4.79 Å². The van der Waals surface area contributed by atoms with Crippen molar-refractivity contribution in [3.8, 4) is 0 Å². The largest absolute Gasteiger partial charge is 0.311 e. The SMILES string of the molecule is O=C(Cc1ccccc1F)Nc1ccnn1Cc1cccc(Cl)c1Cl. The lowest BCUT2D eigenvalue weighted by Crippen LogP contribution is -2.18. The Morgan fingerprint density at radius 1 is 1.08 bits per heavy atom. The molecule has 128 valence electrons. The minimum absolute atomic E-state index is 0.0597. The molecule has 0 radical (unpaired) electrons. The maximum atomic E-state index is 13.7. The van der Waals surface area contributed by atoms with Gasteiger partial charge >= 0.3 is 0 Å². The molecule has 0 atom stereocenters. The van der Waals surface area contributed by atoms with Gasteiger partial charge in [0.1, 0.15) is 11.6 Å². The maximum absolute atomic E-state index is 13.7. The van der Waals surface area contributed by atoms with E-state index in [0.29, 0.717) is 28.0 Å². The number of halogens is 3. The highest BCUT2D eigenvalue weighted by atomic mass is 35.5. The fourth-order valence-corrected chi connectivity index (χ4v) is 2.78. The van der Waals surface area contributed by atoms with E-state index in [4.69, 9.17) is 23.2 Å². The highest BCUT2D eigenvalue weighted by molar-refractivity contribution is 6.42. The van der Waals surface area contributed by atoms with Gasteiger partial charge in [0.2, 0.25) is 5.91 Å². The molecule has 1 amide bonds. The second-order valence-corrected chi connectivity index (χ2v) is 6.19. The van der Waals surface area contributed by atoms with Gasteiger partial charge < -0.3 is 5.32 Å². The van der Waals surface area contributed by atoms with Crippen molar-refractivity contribution in [3.63, 3.8) is 0 Å². The fraction of sp³-hybridized carbons (Fsp3) is 0.111. The number of aromatic nitrogens is 2. The first-order valence-corrected chi connectivity index (χ1v) is 8.28. The number of nitrogens with zero attached hydrogens (tertiary/aromatic N) is 2. The van der Waals surface area contributed by atoms with Crippen LogP contribution in [0.2, 0.25) is 10.0 Å². The Hall–Kier alpha value is -2.37. The molecule has 4 nitrogen and oxygen atoms in total. The maximum Gasteiger partial charge on any atom is 0.230 e. The Morgan fingerprint density at radius 3 is 2.64 bits per heavy atom. The lowest BCUT2D eigenvalue weighted by atomic mass is 10.1. The van der Waals surface area contributed by atoms with E-state index in [9.17, 15) is 9.18 Å². The molecule has 1 heterocycles. The van der Waals surface area contributed by atoms with Gasteiger partial charge in [-0.1, -0.05) is 53.5 Å². The Kier molecular flexibility index (Phi) is 5.36. The van der Waals surface area contributed by atoms with E-state index in [-0.39, 0.29) is 12.3 Å². The molecule has 0 aliphatic rings. The number of nitrogens with one attached hydrogen (secondary N) is 1. The van der Waals surface area contributed by atoms with Crippen molar-refractivity contribution in [2.45, 2.75) is 13.0 Å². The molecule has 2 aromatic carbocycles. The molecule has 0 bridgehead atoms. The van der Waals surface area contributed by atoms with Crippen molar-refractivity contribution >= 4 is 34.9 Å². The van der Waals surface area contributed by atoms with Crippen LogP contribution in [0.4, 0.5) is 10.2 Å². The molecule has 0 spiro atoms. The van der Waals surface area contributed by atoms with E-state index >= 15 is 0 Å². The molecular weight excluding hydrogens is 364 g/mol. The van der Waals surface area contributed by atoms with Crippen LogP contribution >= 0.6 is 23.2 Å². The lowest BCUT2D eigenvalue weighted by Gasteiger charge is -2.11. The molecule has 25 heavy (non-hydrogen) atoms. The summed E-state index contributed by atoms with van der Waals surface area (Å²) in [7, 11) is 0. The van der Waals surface area contributed by atoms with Crippen LogP contribution in [-0.4, -0.2) is 15.7 Å². The molecule has 0 saturated carbocycles. The topological polar surface area (TPSA) is 46.9 Å². The highest BCUT2D eigenvalue weighted by Gasteiger charge is 2.12. The van der Waals surface area contributed by atoms with E-state index in [2.05, 4.69) is 10.4 Å². The van der Waals surface area contributed by atoms with Crippen LogP contribution in [0.3, 0.4) is 0 Å². The molecule has 3 rings (SSSR count). The standard InChI is InChI=1S/C18H14Cl2FN3O/c19-14-6-3-5-13(18(14)20)11-24-16(8-9-22-24)23-17(25)10-12-4-1-2-7-15(12)21/h1-9H,10-11H2,(H,23,25). The van der Waals surface area contributed by atoms with E-state index in [1.54, 1.807) is 47.3 Å². The van der Waals surface area contributed by atoms with Crippen molar-refractivity contribution in [2.75, 3.05) is 5.32 Å². The Balaban J connectivity index is 1.72. The third kappa shape index (κ3) is 4.18. The fourth-order valence-electron chi connectivity index (χ4n) is 2.40. The number of benzene rings is 2. The number of rotatable bonds is 5. The van der Waals surface area contributed by atoms with Gasteiger partial charge in [-0.2, -0.15) is 5.10 Å². The monoisotopic (exact) mass is 377 g/mol. The molecule has 1 N–H and O–H groups in total. The number of hydrogen-bond acceptors (Lipinski definition) is 2. The molecule has 7 heteroatoms. The van der Waals surface area contributed by atoms with Gasteiger partial charge in [-0.15, -0.1) is 0 Å². The second-order valence-electron chi connectivity index (χ2n) is 5.40. The summed E-state index contributed by atoms with van der Waals surface area (Å²) >= 11 is 12.2. The van der Waals surface area contributed by atoms with E-state index < -0.39 is 5.82 Å². The van der Waals surface area contributed by atoms with Crippen LogP contribution < -0.4 is 5.32 Å². The van der Waals surface area contributed by atoms with E-state index in [0.717, 1.165) is 5.56 Å². The van der Waals surface area contributed by atoms with Crippen LogP contribution in [0, 0.1) is 5.82 Å². The zero-order valence-electron chi connectivity index (χ0n) is 13.0. The van der Waals surface area contributed by atoms with Gasteiger partial charge in [0.05, 0.1) is 29.2 Å². The molecule has 1 aromatic heterocycles. The summed E-state index contributed by atoms with van der Waals surface area (Å²) in [6, 6.07) is 13.2. The van der Waals surface area contributed by atoms with Crippen molar-refractivity contribution in [1.29, 1.82) is 0 Å². The van der Waals surface area contributed by atoms with E-state index in [1.165, 1.54) is 6.07 Å². The van der Waals surface area contributed by atoms with Crippen LogP contribution in [0.5, 0.6) is 0 Å². The van der Waals surface area contributed by atoms with Crippen LogP contribution in [-0.2, 0) is 17.8 Å². The minimum Gasteiger partial charge on any atom is -0.311 e. The summed E-state index contributed by atoms with van der Waals surface area (Å²) < 4.78 is 15.2. The summed E-state index contributed by atoms with van der Waals surface area (Å²) in [6.45, 7) is 0.349. The molecular formula is C18H14Cl2FN3O. The van der Waals surface area contributed by atoms with Gasteiger partial charge in [0.15, 0.2) is 0 Å². The summed E-state index contributed by atoms with van der Waals surface area (Å²) in [6.07, 6.45) is 1.51. The van der Waals surface area contributed by atoms with Crippen LogP contribution in [0.1, 0.15) is 11.1 Å². The van der Waals surface area contributed by atoms with Gasteiger partial charge in [0, 0.05) is 6.07 Å². The summed E-state index contributed by atoms with van der Waals surface area (Å²) in [4.78, 5) is 12.2. The molecule has 0 aliphatic heterocycles. The third-order valence-corrected chi connectivity index (χ3v) is 4.50. The van der Waals surface area contributed by atoms with Crippen molar-refractivity contribution in [2.24, 2.45) is 0 Å². The highest BCUT2D eigenvalue weighted by Crippen LogP contribution is 2.26. The number of anilines is 1. The Labute approximate surface area is 154 Å². The lowest BCUT2D eigenvalue weighted by molar-refractivity contribution is -0.115. The van der Waals surface area contributed by atoms with Crippen LogP contribution in [0.15, 0.2) is 54.7 Å². The normalized spacial score (nSPS) is 10.7. The third-order valence-electron chi connectivity index (χ3n) is 3.64. The van der Waals surface area contributed by atoms with Crippen LogP contribution in [0.25, 0.3) is 0 Å². The number of carbonyl (C=O) groups is 1. The summed E-state index contributed by atoms with van der Waals surface area (Å²) in [5.74, 6) is -0.238. The summed E-state index contributed by atoms with van der Waals surface area (Å²) in [5, 5.41) is 7.83. The molecule has 3 aromatic rings. The first kappa shape index (κ1) is 17.5. The number of carbonyl (C=O) groups excluding carboxylic acids is 1. The molecule has 0 saturated heterocycles. The average molecular weight is 378 g/mol. The average Bonchev–Trinajstić information content (AvgIpc) is 3.01. The quantitative estimate of drug-likeness (QED) is 0.708. The zero-order valence-corrected chi connectivity index (χ0v) is 14.6.